The van der Waals surface area contributed by atoms with Crippen LogP contribution < -0.4 is 5.32 Å². The van der Waals surface area contributed by atoms with Crippen molar-refractivity contribution in [1.82, 2.24) is 0 Å². The van der Waals surface area contributed by atoms with Gasteiger partial charge in [-0.1, -0.05) is 26.0 Å². The highest BCUT2D eigenvalue weighted by Gasteiger charge is 2.21. The number of nitrogens with one attached hydrogen (secondary N) is 1. The number of carbonyl (C=O) groups is 1. The number of anilines is 1. The van der Waals surface area contributed by atoms with Crippen LogP contribution >= 0.6 is 0 Å². The molecule has 1 rings (SSSR count). The number of carboxylic acid groups (broad SMARTS) is 1. The van der Waals surface area contributed by atoms with Gasteiger partial charge in [0.15, 0.2) is 0 Å². The number of carboxylic acids is 1. The maximum Gasteiger partial charge on any atom is 0.303 e. The maximum absolute atomic E-state index is 10.7. The lowest BCUT2D eigenvalue weighted by molar-refractivity contribution is -0.139. The summed E-state index contributed by atoms with van der Waals surface area (Å²) in [5.41, 5.74) is 3.30. The number of benzene rings is 1. The first-order chi connectivity index (χ1) is 7.82. The van der Waals surface area contributed by atoms with E-state index in [1.165, 1.54) is 11.1 Å². The average molecular weight is 235 g/mol. The van der Waals surface area contributed by atoms with E-state index in [1.807, 2.05) is 26.0 Å². The van der Waals surface area contributed by atoms with E-state index in [1.54, 1.807) is 0 Å². The Labute approximate surface area is 103 Å². The van der Waals surface area contributed by atoms with Crippen LogP contribution in [-0.4, -0.2) is 17.6 Å². The fourth-order valence-corrected chi connectivity index (χ4v) is 1.75. The first-order valence-electron chi connectivity index (χ1n) is 5.84. The second kappa shape index (κ2) is 5.21. The van der Waals surface area contributed by atoms with E-state index in [0.29, 0.717) is 6.54 Å². The zero-order chi connectivity index (χ0) is 13.1. The molecule has 0 spiro atoms. The van der Waals surface area contributed by atoms with E-state index < -0.39 is 5.97 Å². The molecule has 0 unspecified atom stereocenters. The Morgan fingerprint density at radius 1 is 1.35 bits per heavy atom. The highest BCUT2D eigenvalue weighted by atomic mass is 16.4. The zero-order valence-corrected chi connectivity index (χ0v) is 11.0. The van der Waals surface area contributed by atoms with Crippen molar-refractivity contribution < 1.29 is 9.90 Å². The van der Waals surface area contributed by atoms with Gasteiger partial charge in [0.2, 0.25) is 0 Å². The fourth-order valence-electron chi connectivity index (χ4n) is 1.75. The molecule has 0 radical (unpaired) electrons. The van der Waals surface area contributed by atoms with Crippen molar-refractivity contribution in [3.8, 4) is 0 Å². The largest absolute Gasteiger partial charge is 0.481 e. The van der Waals surface area contributed by atoms with Gasteiger partial charge in [-0.2, -0.15) is 0 Å². The minimum absolute atomic E-state index is 0.171. The van der Waals surface area contributed by atoms with Crippen molar-refractivity contribution in [2.45, 2.75) is 34.1 Å². The van der Waals surface area contributed by atoms with Crippen molar-refractivity contribution in [2.24, 2.45) is 5.41 Å². The van der Waals surface area contributed by atoms with Gasteiger partial charge in [0.05, 0.1) is 6.42 Å². The number of rotatable bonds is 5. The van der Waals surface area contributed by atoms with E-state index in [2.05, 4.69) is 25.2 Å². The number of hydrogen-bond donors (Lipinski definition) is 2. The van der Waals surface area contributed by atoms with E-state index in [-0.39, 0.29) is 11.8 Å². The molecular formula is C14H21NO2. The Hall–Kier alpha value is -1.51. The average Bonchev–Trinajstić information content (AvgIpc) is 2.18. The highest BCUT2D eigenvalue weighted by molar-refractivity contribution is 5.67. The molecule has 3 nitrogen and oxygen atoms in total. The summed E-state index contributed by atoms with van der Waals surface area (Å²) in [4.78, 5) is 10.7. The Kier molecular flexibility index (Phi) is 4.16. The van der Waals surface area contributed by atoms with Crippen molar-refractivity contribution in [1.29, 1.82) is 0 Å². The van der Waals surface area contributed by atoms with Gasteiger partial charge in [-0.25, -0.2) is 0 Å². The molecule has 0 heterocycles. The van der Waals surface area contributed by atoms with Crippen LogP contribution in [0.2, 0.25) is 0 Å². The molecule has 0 bridgehead atoms. The minimum atomic E-state index is -0.752. The first-order valence-corrected chi connectivity index (χ1v) is 5.84. The molecule has 0 atom stereocenters. The molecule has 17 heavy (non-hydrogen) atoms. The molecule has 0 saturated carbocycles. The van der Waals surface area contributed by atoms with Crippen LogP contribution in [0.5, 0.6) is 0 Å². The van der Waals surface area contributed by atoms with Gasteiger partial charge in [-0.05, 0) is 36.5 Å². The summed E-state index contributed by atoms with van der Waals surface area (Å²) in [5.74, 6) is -0.752. The Morgan fingerprint density at radius 2 is 2.00 bits per heavy atom. The summed E-state index contributed by atoms with van der Waals surface area (Å²) in [5, 5.41) is 12.2. The summed E-state index contributed by atoms with van der Waals surface area (Å²) in [7, 11) is 0. The summed E-state index contributed by atoms with van der Waals surface area (Å²) in [6, 6.07) is 6.11. The lowest BCUT2D eigenvalue weighted by Crippen LogP contribution is -2.26. The van der Waals surface area contributed by atoms with Gasteiger partial charge in [0.1, 0.15) is 0 Å². The van der Waals surface area contributed by atoms with Crippen LogP contribution in [0.4, 0.5) is 5.69 Å². The lowest BCUT2D eigenvalue weighted by atomic mass is 9.89. The molecular weight excluding hydrogens is 214 g/mol. The van der Waals surface area contributed by atoms with Crippen LogP contribution in [-0.2, 0) is 4.79 Å². The van der Waals surface area contributed by atoms with Crippen molar-refractivity contribution in [3.05, 3.63) is 29.3 Å². The molecule has 1 aromatic carbocycles. The first kappa shape index (κ1) is 13.6. The number of aliphatic carboxylic acids is 1. The summed E-state index contributed by atoms with van der Waals surface area (Å²) in [6.45, 7) is 8.72. The van der Waals surface area contributed by atoms with Gasteiger partial charge in [0.25, 0.3) is 0 Å². The Morgan fingerprint density at radius 3 is 2.59 bits per heavy atom. The molecule has 0 amide bonds. The molecule has 0 saturated heterocycles. The summed E-state index contributed by atoms with van der Waals surface area (Å²) < 4.78 is 0. The van der Waals surface area contributed by atoms with Gasteiger partial charge in [-0.15, -0.1) is 0 Å². The lowest BCUT2D eigenvalue weighted by Gasteiger charge is -2.24. The second-order valence-electron chi connectivity index (χ2n) is 5.34. The van der Waals surface area contributed by atoms with Gasteiger partial charge >= 0.3 is 5.97 Å². The van der Waals surface area contributed by atoms with E-state index >= 15 is 0 Å². The van der Waals surface area contributed by atoms with Crippen LogP contribution in [0, 0.1) is 19.3 Å². The van der Waals surface area contributed by atoms with Gasteiger partial charge < -0.3 is 10.4 Å². The molecule has 2 N–H and O–H groups in total. The number of hydrogen-bond acceptors (Lipinski definition) is 2. The van der Waals surface area contributed by atoms with Crippen molar-refractivity contribution in [2.75, 3.05) is 11.9 Å². The molecule has 1 aromatic rings. The third-order valence-electron chi connectivity index (χ3n) is 2.99. The SMILES string of the molecule is Cc1cccc(NCC(C)(C)CC(=O)O)c1C. The second-order valence-corrected chi connectivity index (χ2v) is 5.34. The quantitative estimate of drug-likeness (QED) is 0.823. The normalized spacial score (nSPS) is 11.3. The minimum Gasteiger partial charge on any atom is -0.481 e. The number of aryl methyl sites for hydroxylation is 1. The van der Waals surface area contributed by atoms with Crippen molar-refractivity contribution in [3.63, 3.8) is 0 Å². The Bertz CT molecular complexity index is 411. The van der Waals surface area contributed by atoms with Gasteiger partial charge in [0, 0.05) is 12.2 Å². The third kappa shape index (κ3) is 4.10. The van der Waals surface area contributed by atoms with E-state index in [4.69, 9.17) is 5.11 Å². The molecule has 0 aliphatic carbocycles. The van der Waals surface area contributed by atoms with Gasteiger partial charge in [-0.3, -0.25) is 4.79 Å². The molecule has 0 aliphatic heterocycles. The Balaban J connectivity index is 2.67. The van der Waals surface area contributed by atoms with Crippen LogP contribution in [0.15, 0.2) is 18.2 Å². The van der Waals surface area contributed by atoms with E-state index in [0.717, 1.165) is 5.69 Å². The molecule has 0 aromatic heterocycles. The van der Waals surface area contributed by atoms with E-state index in [9.17, 15) is 4.79 Å². The summed E-state index contributed by atoms with van der Waals surface area (Å²) in [6.07, 6.45) is 0.171. The van der Waals surface area contributed by atoms with Crippen LogP contribution in [0.25, 0.3) is 0 Å². The predicted molar refractivity (Wildman–Crippen MR) is 70.4 cm³/mol. The maximum atomic E-state index is 10.7. The van der Waals surface area contributed by atoms with Crippen LogP contribution in [0.1, 0.15) is 31.4 Å². The molecule has 94 valence electrons. The summed E-state index contributed by atoms with van der Waals surface area (Å²) >= 11 is 0. The monoisotopic (exact) mass is 235 g/mol. The smallest absolute Gasteiger partial charge is 0.303 e. The van der Waals surface area contributed by atoms with Crippen molar-refractivity contribution >= 4 is 11.7 Å². The highest BCUT2D eigenvalue weighted by Crippen LogP contribution is 2.23. The fraction of sp³-hybridized carbons (Fsp3) is 0.500. The topological polar surface area (TPSA) is 49.3 Å². The standard InChI is InChI=1S/C14H21NO2/c1-10-6-5-7-12(11(10)2)15-9-14(3,4)8-13(16)17/h5-7,15H,8-9H2,1-4H3,(H,16,17). The molecule has 3 heteroatoms. The third-order valence-corrected chi connectivity index (χ3v) is 2.99. The predicted octanol–water partition coefficient (Wildman–Crippen LogP) is 3.22. The molecule has 0 aliphatic rings. The van der Waals surface area contributed by atoms with Crippen LogP contribution in [0.3, 0.4) is 0 Å². The molecule has 0 fully saturated rings. The zero-order valence-electron chi connectivity index (χ0n) is 11.0.